The predicted molar refractivity (Wildman–Crippen MR) is 68.8 cm³/mol. The summed E-state index contributed by atoms with van der Waals surface area (Å²) in [5, 5.41) is 11.4. The minimum Gasteiger partial charge on any atom is -0.305 e. The summed E-state index contributed by atoms with van der Waals surface area (Å²) < 4.78 is 13.5. The van der Waals surface area contributed by atoms with E-state index in [-0.39, 0.29) is 16.9 Å². The molecule has 1 N–H and O–H groups in total. The van der Waals surface area contributed by atoms with Crippen molar-refractivity contribution < 1.29 is 9.18 Å². The second kappa shape index (κ2) is 5.54. The molecule has 0 aliphatic rings. The van der Waals surface area contributed by atoms with E-state index in [2.05, 4.69) is 31.2 Å². The highest BCUT2D eigenvalue weighted by molar-refractivity contribution is 9.10. The van der Waals surface area contributed by atoms with Gasteiger partial charge >= 0.3 is 0 Å². The number of amides is 1. The lowest BCUT2D eigenvalue weighted by Crippen LogP contribution is -2.14. The summed E-state index contributed by atoms with van der Waals surface area (Å²) in [6, 6.07) is 5.80. The Bertz CT molecular complexity index is 684. The summed E-state index contributed by atoms with van der Waals surface area (Å²) in [5.74, 6) is -1.20. The maximum atomic E-state index is 12.9. The van der Waals surface area contributed by atoms with Crippen LogP contribution in [0.25, 0.3) is 0 Å². The van der Waals surface area contributed by atoms with E-state index in [0.29, 0.717) is 4.47 Å². The third kappa shape index (κ3) is 3.11. The molecular formula is C12H6BrFN4O. The van der Waals surface area contributed by atoms with Crippen molar-refractivity contribution in [1.29, 1.82) is 5.26 Å². The molecule has 7 heteroatoms. The largest absolute Gasteiger partial charge is 0.305 e. The average Bonchev–Trinajstić information content (AvgIpc) is 2.40. The van der Waals surface area contributed by atoms with Gasteiger partial charge in [-0.25, -0.2) is 9.97 Å². The van der Waals surface area contributed by atoms with Gasteiger partial charge in [-0.15, -0.1) is 0 Å². The Kier molecular flexibility index (Phi) is 3.82. The van der Waals surface area contributed by atoms with Crippen molar-refractivity contribution in [2.45, 2.75) is 0 Å². The molecule has 5 nitrogen and oxygen atoms in total. The number of hydrogen-bond donors (Lipinski definition) is 1. The van der Waals surface area contributed by atoms with E-state index >= 15 is 0 Å². The van der Waals surface area contributed by atoms with Gasteiger partial charge in [0, 0.05) is 28.5 Å². The van der Waals surface area contributed by atoms with Crippen LogP contribution in [0.1, 0.15) is 15.9 Å². The van der Waals surface area contributed by atoms with Crippen LogP contribution in [0, 0.1) is 17.3 Å². The lowest BCUT2D eigenvalue weighted by Gasteiger charge is -2.06. The highest BCUT2D eigenvalue weighted by Gasteiger charge is 2.11. The molecule has 0 radical (unpaired) electrons. The molecule has 1 amide bonds. The van der Waals surface area contributed by atoms with Crippen LogP contribution in [0.3, 0.4) is 0 Å². The van der Waals surface area contributed by atoms with Crippen LogP contribution in [-0.2, 0) is 0 Å². The molecule has 2 rings (SSSR count). The molecule has 2 heterocycles. The van der Waals surface area contributed by atoms with Gasteiger partial charge in [-0.3, -0.25) is 4.79 Å². The van der Waals surface area contributed by atoms with E-state index in [1.54, 1.807) is 0 Å². The summed E-state index contributed by atoms with van der Waals surface area (Å²) >= 11 is 3.17. The van der Waals surface area contributed by atoms with Crippen molar-refractivity contribution in [3.63, 3.8) is 0 Å². The number of anilines is 1. The van der Waals surface area contributed by atoms with Crippen LogP contribution in [-0.4, -0.2) is 15.9 Å². The zero-order valence-corrected chi connectivity index (χ0v) is 11.0. The van der Waals surface area contributed by atoms with Crippen molar-refractivity contribution in [3.8, 4) is 6.07 Å². The van der Waals surface area contributed by atoms with E-state index in [9.17, 15) is 9.18 Å². The molecule has 0 aliphatic carbocycles. The van der Waals surface area contributed by atoms with E-state index in [1.807, 2.05) is 6.07 Å². The van der Waals surface area contributed by atoms with Gasteiger partial charge in [0.15, 0.2) is 5.82 Å². The molecule has 0 spiro atoms. The molecular weight excluding hydrogens is 315 g/mol. The maximum absolute atomic E-state index is 12.9. The Morgan fingerprint density at radius 3 is 2.89 bits per heavy atom. The van der Waals surface area contributed by atoms with Crippen LogP contribution < -0.4 is 5.32 Å². The first-order valence-electron chi connectivity index (χ1n) is 5.08. The Morgan fingerprint density at radius 2 is 2.21 bits per heavy atom. The van der Waals surface area contributed by atoms with Crippen molar-refractivity contribution >= 4 is 27.7 Å². The van der Waals surface area contributed by atoms with Gasteiger partial charge in [0.1, 0.15) is 6.07 Å². The number of hydrogen-bond acceptors (Lipinski definition) is 4. The Hall–Kier alpha value is -2.33. The lowest BCUT2D eigenvalue weighted by molar-refractivity contribution is 0.102. The number of nitrogens with zero attached hydrogens (tertiary/aromatic N) is 3. The van der Waals surface area contributed by atoms with Crippen LogP contribution in [0.15, 0.2) is 35.1 Å². The first kappa shape index (κ1) is 13.1. The standard InChI is InChI=1S/C12H6BrFN4O/c13-9-3-8(5-15)11(17-6-9)18-12(19)7-1-2-16-10(14)4-7/h1-4,6H,(H,17,18,19). The number of carbonyl (C=O) groups excluding carboxylic acids is 1. The van der Waals surface area contributed by atoms with Gasteiger partial charge < -0.3 is 5.32 Å². The molecule has 0 aromatic carbocycles. The highest BCUT2D eigenvalue weighted by Crippen LogP contribution is 2.17. The fourth-order valence-electron chi connectivity index (χ4n) is 1.35. The molecule has 0 saturated heterocycles. The molecule has 94 valence electrons. The minimum atomic E-state index is -0.753. The van der Waals surface area contributed by atoms with Gasteiger partial charge in [0.05, 0.1) is 5.56 Å². The Labute approximate surface area is 116 Å². The third-order valence-electron chi connectivity index (χ3n) is 2.20. The molecule has 0 bridgehead atoms. The Morgan fingerprint density at radius 1 is 1.42 bits per heavy atom. The number of nitrogens with one attached hydrogen (secondary N) is 1. The van der Waals surface area contributed by atoms with Crippen LogP contribution >= 0.6 is 15.9 Å². The smallest absolute Gasteiger partial charge is 0.257 e. The summed E-state index contributed by atoms with van der Waals surface area (Å²) in [7, 11) is 0. The van der Waals surface area contributed by atoms with Crippen molar-refractivity contribution in [3.05, 3.63) is 52.1 Å². The van der Waals surface area contributed by atoms with Gasteiger partial charge in [-0.05, 0) is 28.1 Å². The second-order valence-electron chi connectivity index (χ2n) is 3.48. The predicted octanol–water partition coefficient (Wildman–Crippen LogP) is 2.50. The topological polar surface area (TPSA) is 78.7 Å². The van der Waals surface area contributed by atoms with Crippen LogP contribution in [0.4, 0.5) is 10.2 Å². The van der Waals surface area contributed by atoms with Gasteiger partial charge in [0.25, 0.3) is 5.91 Å². The minimum absolute atomic E-state index is 0.0982. The van der Waals surface area contributed by atoms with E-state index < -0.39 is 11.9 Å². The fourth-order valence-corrected chi connectivity index (χ4v) is 1.68. The first-order chi connectivity index (χ1) is 9.10. The zero-order valence-electron chi connectivity index (χ0n) is 9.39. The van der Waals surface area contributed by atoms with E-state index in [4.69, 9.17) is 5.26 Å². The fraction of sp³-hybridized carbons (Fsp3) is 0. The summed E-state index contributed by atoms with van der Waals surface area (Å²) in [6.45, 7) is 0. The van der Waals surface area contributed by atoms with E-state index in [1.165, 1.54) is 24.5 Å². The number of rotatable bonds is 2. The highest BCUT2D eigenvalue weighted by atomic mass is 79.9. The normalized spacial score (nSPS) is 9.74. The van der Waals surface area contributed by atoms with E-state index in [0.717, 1.165) is 6.07 Å². The van der Waals surface area contributed by atoms with Gasteiger partial charge in [0.2, 0.25) is 5.95 Å². The summed E-state index contributed by atoms with van der Waals surface area (Å²) in [6.07, 6.45) is 2.63. The SMILES string of the molecule is N#Cc1cc(Br)cnc1NC(=O)c1ccnc(F)c1. The molecule has 19 heavy (non-hydrogen) atoms. The number of carbonyl (C=O) groups is 1. The monoisotopic (exact) mass is 320 g/mol. The molecule has 0 saturated carbocycles. The van der Waals surface area contributed by atoms with Crippen molar-refractivity contribution in [2.24, 2.45) is 0 Å². The third-order valence-corrected chi connectivity index (χ3v) is 2.63. The van der Waals surface area contributed by atoms with Crippen molar-refractivity contribution in [1.82, 2.24) is 9.97 Å². The lowest BCUT2D eigenvalue weighted by atomic mass is 10.2. The number of nitriles is 1. The Balaban J connectivity index is 2.27. The molecule has 0 atom stereocenters. The first-order valence-corrected chi connectivity index (χ1v) is 5.88. The summed E-state index contributed by atoms with van der Waals surface area (Å²) in [4.78, 5) is 19.1. The van der Waals surface area contributed by atoms with Crippen molar-refractivity contribution in [2.75, 3.05) is 5.32 Å². The maximum Gasteiger partial charge on any atom is 0.257 e. The molecule has 0 aliphatic heterocycles. The average molecular weight is 321 g/mol. The second-order valence-corrected chi connectivity index (χ2v) is 4.40. The summed E-state index contributed by atoms with van der Waals surface area (Å²) in [5.41, 5.74) is 0.304. The number of pyridine rings is 2. The zero-order chi connectivity index (χ0) is 13.8. The van der Waals surface area contributed by atoms with Crippen LogP contribution in [0.2, 0.25) is 0 Å². The van der Waals surface area contributed by atoms with Crippen LogP contribution in [0.5, 0.6) is 0 Å². The number of aromatic nitrogens is 2. The molecule has 0 unspecified atom stereocenters. The van der Waals surface area contributed by atoms with Gasteiger partial charge in [-0.1, -0.05) is 0 Å². The number of halogens is 2. The molecule has 0 fully saturated rings. The molecule has 2 aromatic heterocycles. The van der Waals surface area contributed by atoms with Gasteiger partial charge in [-0.2, -0.15) is 9.65 Å². The molecule has 2 aromatic rings. The quantitative estimate of drug-likeness (QED) is 0.862.